The highest BCUT2D eigenvalue weighted by atomic mass is 16.5. The molecule has 2 aromatic carbocycles. The van der Waals surface area contributed by atoms with E-state index in [0.29, 0.717) is 0 Å². The first-order valence-electron chi connectivity index (χ1n) is 8.08. The van der Waals surface area contributed by atoms with Crippen LogP contribution in [0.4, 0.5) is 0 Å². The number of hydrogen-bond acceptors (Lipinski definition) is 1. The van der Waals surface area contributed by atoms with Gasteiger partial charge in [0.05, 0.1) is 7.11 Å². The highest BCUT2D eigenvalue weighted by Crippen LogP contribution is 2.39. The van der Waals surface area contributed by atoms with Crippen molar-refractivity contribution in [2.45, 2.75) is 39.0 Å². The minimum atomic E-state index is 0.880. The number of methoxy groups -OCH3 is 1. The fourth-order valence-corrected chi connectivity index (χ4v) is 3.52. The average Bonchev–Trinajstić information content (AvgIpc) is 2.55. The Morgan fingerprint density at radius 2 is 2.00 bits per heavy atom. The predicted molar refractivity (Wildman–Crippen MR) is 90.7 cm³/mol. The zero-order chi connectivity index (χ0) is 14.7. The lowest BCUT2D eigenvalue weighted by molar-refractivity contribution is 0.416. The van der Waals surface area contributed by atoms with Crippen molar-refractivity contribution >= 4 is 16.3 Å². The monoisotopic (exact) mass is 280 g/mol. The summed E-state index contributed by atoms with van der Waals surface area (Å²) < 4.78 is 5.75. The van der Waals surface area contributed by atoms with Crippen LogP contribution >= 0.6 is 0 Å². The Morgan fingerprint density at radius 1 is 1.14 bits per heavy atom. The molecule has 110 valence electrons. The van der Waals surface area contributed by atoms with Gasteiger partial charge in [-0.15, -0.1) is 0 Å². The summed E-state index contributed by atoms with van der Waals surface area (Å²) >= 11 is 0. The first kappa shape index (κ1) is 14.2. The molecule has 1 nitrogen and oxygen atoms in total. The molecule has 0 fully saturated rings. The van der Waals surface area contributed by atoms with Crippen molar-refractivity contribution < 1.29 is 4.74 Å². The molecule has 1 aliphatic rings. The van der Waals surface area contributed by atoms with E-state index in [1.807, 2.05) is 0 Å². The lowest BCUT2D eigenvalue weighted by atomic mass is 9.83. The zero-order valence-electron chi connectivity index (χ0n) is 13.1. The van der Waals surface area contributed by atoms with Crippen molar-refractivity contribution in [3.8, 4) is 5.75 Å². The van der Waals surface area contributed by atoms with E-state index in [4.69, 9.17) is 4.74 Å². The van der Waals surface area contributed by atoms with Gasteiger partial charge in [-0.1, -0.05) is 62.2 Å². The van der Waals surface area contributed by atoms with Crippen LogP contribution < -0.4 is 4.74 Å². The first-order valence-corrected chi connectivity index (χ1v) is 8.08. The Kier molecular flexibility index (Phi) is 4.28. The molecular formula is C20H24O. The number of fused-ring (bicyclic) bond motifs is 1. The molecule has 0 saturated carbocycles. The molecule has 0 aromatic heterocycles. The van der Waals surface area contributed by atoms with E-state index in [0.717, 1.165) is 11.7 Å². The highest BCUT2D eigenvalue weighted by Gasteiger charge is 2.18. The Labute approximate surface area is 127 Å². The van der Waals surface area contributed by atoms with Gasteiger partial charge in [-0.3, -0.25) is 0 Å². The second-order valence-corrected chi connectivity index (χ2v) is 6.03. The second-order valence-electron chi connectivity index (χ2n) is 6.03. The lowest BCUT2D eigenvalue weighted by Gasteiger charge is -2.23. The van der Waals surface area contributed by atoms with Gasteiger partial charge in [0.25, 0.3) is 0 Å². The third-order valence-corrected chi connectivity index (χ3v) is 4.65. The SMILES string of the molecule is CCCC1CC=C(c2ccc3ccccc3c2OC)CC1. The van der Waals surface area contributed by atoms with E-state index in [1.54, 1.807) is 7.11 Å². The molecular weight excluding hydrogens is 256 g/mol. The zero-order valence-corrected chi connectivity index (χ0v) is 13.1. The van der Waals surface area contributed by atoms with E-state index < -0.39 is 0 Å². The molecule has 0 heterocycles. The molecule has 1 aliphatic carbocycles. The Bertz CT molecular complexity index is 654. The number of benzene rings is 2. The molecule has 2 aromatic rings. The number of rotatable bonds is 4. The van der Waals surface area contributed by atoms with Crippen molar-refractivity contribution in [3.63, 3.8) is 0 Å². The molecule has 0 N–H and O–H groups in total. The Balaban J connectivity index is 1.97. The third kappa shape index (κ3) is 2.83. The number of hydrogen-bond donors (Lipinski definition) is 0. The average molecular weight is 280 g/mol. The highest BCUT2D eigenvalue weighted by molar-refractivity contribution is 5.93. The summed E-state index contributed by atoms with van der Waals surface area (Å²) in [4.78, 5) is 0. The van der Waals surface area contributed by atoms with Gasteiger partial charge in [-0.2, -0.15) is 0 Å². The van der Waals surface area contributed by atoms with Crippen LogP contribution in [-0.2, 0) is 0 Å². The minimum absolute atomic E-state index is 0.880. The molecule has 0 amide bonds. The number of allylic oxidation sites excluding steroid dienone is 2. The largest absolute Gasteiger partial charge is 0.495 e. The van der Waals surface area contributed by atoms with Crippen molar-refractivity contribution in [1.82, 2.24) is 0 Å². The van der Waals surface area contributed by atoms with Crippen molar-refractivity contribution in [3.05, 3.63) is 48.0 Å². The van der Waals surface area contributed by atoms with Crippen LogP contribution in [0.1, 0.15) is 44.6 Å². The van der Waals surface area contributed by atoms with Crippen LogP contribution in [0.3, 0.4) is 0 Å². The first-order chi connectivity index (χ1) is 10.3. The van der Waals surface area contributed by atoms with Crippen molar-refractivity contribution in [2.75, 3.05) is 7.11 Å². The maximum absolute atomic E-state index is 5.75. The van der Waals surface area contributed by atoms with Crippen LogP contribution in [0.2, 0.25) is 0 Å². The van der Waals surface area contributed by atoms with E-state index >= 15 is 0 Å². The second kappa shape index (κ2) is 6.34. The summed E-state index contributed by atoms with van der Waals surface area (Å²) in [7, 11) is 1.79. The topological polar surface area (TPSA) is 9.23 Å². The summed E-state index contributed by atoms with van der Waals surface area (Å²) in [6, 6.07) is 12.9. The maximum atomic E-state index is 5.75. The third-order valence-electron chi connectivity index (χ3n) is 4.65. The molecule has 1 heteroatoms. The van der Waals surface area contributed by atoms with Gasteiger partial charge in [0.1, 0.15) is 5.75 Å². The van der Waals surface area contributed by atoms with E-state index in [9.17, 15) is 0 Å². The molecule has 0 spiro atoms. The van der Waals surface area contributed by atoms with E-state index in [2.05, 4.69) is 49.4 Å². The molecule has 0 bridgehead atoms. The van der Waals surface area contributed by atoms with Crippen molar-refractivity contribution in [2.24, 2.45) is 5.92 Å². The molecule has 3 rings (SSSR count). The lowest BCUT2D eigenvalue weighted by Crippen LogP contribution is -2.05. The molecule has 0 saturated heterocycles. The Hall–Kier alpha value is -1.76. The van der Waals surface area contributed by atoms with Crippen LogP contribution in [0.25, 0.3) is 16.3 Å². The van der Waals surface area contributed by atoms with E-state index in [1.165, 1.54) is 54.0 Å². The number of ether oxygens (including phenoxy) is 1. The van der Waals surface area contributed by atoms with Gasteiger partial charge >= 0.3 is 0 Å². The quantitative estimate of drug-likeness (QED) is 0.684. The van der Waals surface area contributed by atoms with Gasteiger partial charge in [-0.05, 0) is 36.1 Å². The molecule has 0 radical (unpaired) electrons. The minimum Gasteiger partial charge on any atom is -0.495 e. The molecule has 21 heavy (non-hydrogen) atoms. The van der Waals surface area contributed by atoms with Crippen molar-refractivity contribution in [1.29, 1.82) is 0 Å². The van der Waals surface area contributed by atoms with Gasteiger partial charge in [-0.25, -0.2) is 0 Å². The smallest absolute Gasteiger partial charge is 0.134 e. The fourth-order valence-electron chi connectivity index (χ4n) is 3.52. The standard InChI is InChI=1S/C20H24O/c1-3-6-15-9-11-17(12-10-15)19-14-13-16-7-4-5-8-18(16)20(19)21-2/h4-5,7-8,11,13-15H,3,6,9-10,12H2,1-2H3. The normalized spacial score (nSPS) is 18.6. The van der Waals surface area contributed by atoms with Gasteiger partial charge in [0.2, 0.25) is 0 Å². The maximum Gasteiger partial charge on any atom is 0.134 e. The predicted octanol–water partition coefficient (Wildman–Crippen LogP) is 5.83. The fraction of sp³-hybridized carbons (Fsp3) is 0.400. The summed E-state index contributed by atoms with van der Waals surface area (Å²) in [6.45, 7) is 2.28. The molecule has 0 aliphatic heterocycles. The van der Waals surface area contributed by atoms with Crippen LogP contribution in [-0.4, -0.2) is 7.11 Å². The van der Waals surface area contributed by atoms with Gasteiger partial charge in [0, 0.05) is 10.9 Å². The van der Waals surface area contributed by atoms with Gasteiger partial charge in [0.15, 0.2) is 0 Å². The Morgan fingerprint density at radius 3 is 2.71 bits per heavy atom. The van der Waals surface area contributed by atoms with Gasteiger partial charge < -0.3 is 4.74 Å². The molecule has 1 unspecified atom stereocenters. The summed E-state index contributed by atoms with van der Waals surface area (Å²) in [5, 5.41) is 2.47. The molecule has 1 atom stereocenters. The summed E-state index contributed by atoms with van der Waals surface area (Å²) in [6.07, 6.45) is 8.82. The van der Waals surface area contributed by atoms with Crippen LogP contribution in [0, 0.1) is 5.92 Å². The summed E-state index contributed by atoms with van der Waals surface area (Å²) in [5.74, 6) is 1.92. The van der Waals surface area contributed by atoms with Crippen LogP contribution in [0.5, 0.6) is 5.75 Å². The van der Waals surface area contributed by atoms with E-state index in [-0.39, 0.29) is 0 Å². The van der Waals surface area contributed by atoms with Crippen LogP contribution in [0.15, 0.2) is 42.5 Å². The summed E-state index contributed by atoms with van der Waals surface area (Å²) in [5.41, 5.74) is 2.75.